The fraction of sp³-hybridized carbons (Fsp3) is 0.769. The minimum absolute atomic E-state index is 0.0472. The van der Waals surface area contributed by atoms with Gasteiger partial charge in [-0.1, -0.05) is 6.92 Å². The third-order valence-corrected chi connectivity index (χ3v) is 2.52. The molecule has 0 atom stereocenters. The predicted molar refractivity (Wildman–Crippen MR) is 77.9 cm³/mol. The molecule has 0 spiro atoms. The van der Waals surface area contributed by atoms with E-state index < -0.39 is 0 Å². The maximum Gasteiger partial charge on any atom is 0.323 e. The van der Waals surface area contributed by atoms with E-state index in [4.69, 9.17) is 4.74 Å². The van der Waals surface area contributed by atoms with Gasteiger partial charge >= 0.3 is 6.01 Å². The minimum Gasteiger partial charge on any atom is -0.461 e. The fourth-order valence-corrected chi connectivity index (χ4v) is 1.57. The van der Waals surface area contributed by atoms with Crippen LogP contribution in [0.1, 0.15) is 41.0 Å². The number of nitrogens with one attached hydrogen (secondary N) is 1. The van der Waals surface area contributed by atoms with Crippen molar-refractivity contribution in [3.63, 3.8) is 0 Å². The van der Waals surface area contributed by atoms with E-state index in [1.54, 1.807) is 0 Å². The van der Waals surface area contributed by atoms with Crippen molar-refractivity contribution in [2.45, 2.75) is 47.1 Å². The zero-order chi connectivity index (χ0) is 14.3. The summed E-state index contributed by atoms with van der Waals surface area (Å²) >= 11 is 0. The van der Waals surface area contributed by atoms with E-state index in [2.05, 4.69) is 45.9 Å². The van der Waals surface area contributed by atoms with E-state index in [1.807, 2.05) is 13.8 Å². The van der Waals surface area contributed by atoms with E-state index in [1.165, 1.54) is 0 Å². The third-order valence-electron chi connectivity index (χ3n) is 2.52. The van der Waals surface area contributed by atoms with Crippen LogP contribution < -0.4 is 15.0 Å². The second-order valence-corrected chi connectivity index (χ2v) is 4.51. The largest absolute Gasteiger partial charge is 0.461 e. The lowest BCUT2D eigenvalue weighted by Crippen LogP contribution is -2.25. The first kappa shape index (κ1) is 15.5. The Bertz CT molecular complexity index is 379. The Balaban J connectivity index is 3.00. The average molecular weight is 267 g/mol. The zero-order valence-electron chi connectivity index (χ0n) is 12.6. The fourth-order valence-electron chi connectivity index (χ4n) is 1.57. The highest BCUT2D eigenvalue weighted by atomic mass is 16.5. The smallest absolute Gasteiger partial charge is 0.323 e. The molecular weight excluding hydrogens is 242 g/mol. The molecule has 0 radical (unpaired) electrons. The number of aromatic nitrogens is 3. The molecule has 0 aliphatic rings. The van der Waals surface area contributed by atoms with Gasteiger partial charge in [-0.05, 0) is 34.1 Å². The zero-order valence-corrected chi connectivity index (χ0v) is 12.6. The topological polar surface area (TPSA) is 63.2 Å². The number of rotatable bonds is 8. The number of anilines is 2. The first-order valence-electron chi connectivity index (χ1n) is 7.02. The quantitative estimate of drug-likeness (QED) is 0.780. The van der Waals surface area contributed by atoms with Gasteiger partial charge in [0.15, 0.2) is 0 Å². The molecule has 0 fully saturated rings. The molecule has 0 aliphatic carbocycles. The van der Waals surface area contributed by atoms with Gasteiger partial charge in [0, 0.05) is 19.6 Å². The highest BCUT2D eigenvalue weighted by Crippen LogP contribution is 2.15. The van der Waals surface area contributed by atoms with Crippen molar-refractivity contribution in [3.05, 3.63) is 0 Å². The van der Waals surface area contributed by atoms with Gasteiger partial charge in [0.25, 0.3) is 0 Å². The molecule has 0 saturated carbocycles. The lowest BCUT2D eigenvalue weighted by atomic mass is 10.5. The van der Waals surface area contributed by atoms with Gasteiger partial charge in [0.1, 0.15) is 0 Å². The molecule has 108 valence electrons. The molecule has 0 saturated heterocycles. The summed E-state index contributed by atoms with van der Waals surface area (Å²) < 4.78 is 5.59. The van der Waals surface area contributed by atoms with Crippen LogP contribution in [0.25, 0.3) is 0 Å². The lowest BCUT2D eigenvalue weighted by molar-refractivity contribution is 0.222. The summed E-state index contributed by atoms with van der Waals surface area (Å²) in [6.45, 7) is 12.7. The standard InChI is InChI=1S/C13H25N5O/c1-6-9-14-11-15-12(18(7-2)8-3)17-13(16-11)19-10(4)5/h10H,6-9H2,1-5H3,(H,14,15,16,17). The third kappa shape index (κ3) is 4.89. The highest BCUT2D eigenvalue weighted by Gasteiger charge is 2.12. The first-order valence-corrected chi connectivity index (χ1v) is 7.02. The number of hydrogen-bond acceptors (Lipinski definition) is 6. The Morgan fingerprint density at radius 2 is 1.79 bits per heavy atom. The maximum atomic E-state index is 5.59. The minimum atomic E-state index is 0.0472. The first-order chi connectivity index (χ1) is 9.10. The van der Waals surface area contributed by atoms with Gasteiger partial charge in [-0.25, -0.2) is 0 Å². The van der Waals surface area contributed by atoms with E-state index in [0.29, 0.717) is 17.9 Å². The van der Waals surface area contributed by atoms with Gasteiger partial charge in [0.05, 0.1) is 6.10 Å². The second kappa shape index (κ2) is 7.76. The van der Waals surface area contributed by atoms with E-state index >= 15 is 0 Å². The Morgan fingerprint density at radius 1 is 1.11 bits per heavy atom. The molecule has 0 unspecified atom stereocenters. The van der Waals surface area contributed by atoms with Crippen molar-refractivity contribution in [1.29, 1.82) is 0 Å². The number of hydrogen-bond donors (Lipinski definition) is 1. The Labute approximate surface area is 115 Å². The van der Waals surface area contributed by atoms with Crippen molar-refractivity contribution in [2.75, 3.05) is 29.9 Å². The molecule has 1 rings (SSSR count). The van der Waals surface area contributed by atoms with E-state index in [9.17, 15) is 0 Å². The molecule has 19 heavy (non-hydrogen) atoms. The molecule has 6 nitrogen and oxygen atoms in total. The van der Waals surface area contributed by atoms with Crippen LogP contribution >= 0.6 is 0 Å². The summed E-state index contributed by atoms with van der Waals surface area (Å²) in [5.74, 6) is 1.24. The highest BCUT2D eigenvalue weighted by molar-refractivity contribution is 5.38. The summed E-state index contributed by atoms with van der Waals surface area (Å²) in [5.41, 5.74) is 0. The Morgan fingerprint density at radius 3 is 2.32 bits per heavy atom. The Kier molecular flexibility index (Phi) is 6.32. The van der Waals surface area contributed by atoms with E-state index in [-0.39, 0.29) is 6.10 Å². The predicted octanol–water partition coefficient (Wildman–Crippen LogP) is 2.33. The molecule has 1 aromatic heterocycles. The van der Waals surface area contributed by atoms with Crippen LogP contribution in [0, 0.1) is 0 Å². The Hall–Kier alpha value is -1.59. The molecule has 1 heterocycles. The lowest BCUT2D eigenvalue weighted by Gasteiger charge is -2.20. The summed E-state index contributed by atoms with van der Waals surface area (Å²) in [7, 11) is 0. The SMILES string of the molecule is CCCNc1nc(OC(C)C)nc(N(CC)CC)n1. The molecule has 0 amide bonds. The normalized spacial score (nSPS) is 10.6. The van der Waals surface area contributed by atoms with Gasteiger partial charge in [-0.15, -0.1) is 0 Å². The molecular formula is C13H25N5O. The van der Waals surface area contributed by atoms with Crippen LogP contribution in [0.15, 0.2) is 0 Å². The van der Waals surface area contributed by atoms with Gasteiger partial charge in [0.2, 0.25) is 11.9 Å². The summed E-state index contributed by atoms with van der Waals surface area (Å²) in [5, 5.41) is 3.18. The molecule has 1 aromatic rings. The van der Waals surface area contributed by atoms with Crippen LogP contribution in [0.3, 0.4) is 0 Å². The van der Waals surface area contributed by atoms with Crippen LogP contribution in [-0.4, -0.2) is 40.7 Å². The van der Waals surface area contributed by atoms with Gasteiger partial charge in [-0.2, -0.15) is 15.0 Å². The molecule has 1 N–H and O–H groups in total. The van der Waals surface area contributed by atoms with E-state index in [0.717, 1.165) is 26.1 Å². The van der Waals surface area contributed by atoms with Crippen LogP contribution in [0.2, 0.25) is 0 Å². The second-order valence-electron chi connectivity index (χ2n) is 4.51. The van der Waals surface area contributed by atoms with Crippen LogP contribution in [-0.2, 0) is 0 Å². The van der Waals surface area contributed by atoms with Crippen LogP contribution in [0.5, 0.6) is 6.01 Å². The average Bonchev–Trinajstić information content (AvgIpc) is 2.37. The summed E-state index contributed by atoms with van der Waals surface area (Å²) in [6, 6.07) is 0.380. The number of ether oxygens (including phenoxy) is 1. The molecule has 0 bridgehead atoms. The summed E-state index contributed by atoms with van der Waals surface area (Å²) in [6.07, 6.45) is 1.07. The van der Waals surface area contributed by atoms with Crippen molar-refractivity contribution >= 4 is 11.9 Å². The van der Waals surface area contributed by atoms with Crippen molar-refractivity contribution in [3.8, 4) is 6.01 Å². The maximum absolute atomic E-state index is 5.59. The van der Waals surface area contributed by atoms with Gasteiger partial charge in [-0.3, -0.25) is 0 Å². The van der Waals surface area contributed by atoms with Crippen molar-refractivity contribution in [2.24, 2.45) is 0 Å². The number of nitrogens with zero attached hydrogens (tertiary/aromatic N) is 4. The summed E-state index contributed by atoms with van der Waals surface area (Å²) in [4.78, 5) is 15.2. The van der Waals surface area contributed by atoms with Gasteiger partial charge < -0.3 is 15.0 Å². The monoisotopic (exact) mass is 267 g/mol. The molecule has 6 heteroatoms. The van der Waals surface area contributed by atoms with Crippen molar-refractivity contribution < 1.29 is 4.74 Å². The van der Waals surface area contributed by atoms with Crippen molar-refractivity contribution in [1.82, 2.24) is 15.0 Å². The molecule has 0 aromatic carbocycles. The van der Waals surface area contributed by atoms with Crippen LogP contribution in [0.4, 0.5) is 11.9 Å². The molecule has 0 aliphatic heterocycles.